The van der Waals surface area contributed by atoms with Crippen LogP contribution in [0.5, 0.6) is 0 Å². The standard InChI is InChI=1S/CH3.Cr.Fe.Mo.H3Si.V/h1H3;;;;1H3;. The van der Waals surface area contributed by atoms with Crippen LogP contribution in [0.1, 0.15) is 0 Å². The number of hydrogen-bond acceptors (Lipinski definition) is 0. The molecule has 0 spiro atoms. The van der Waals surface area contributed by atoms with Crippen LogP contribution in [0.2, 0.25) is 5.31 Å². The van der Waals surface area contributed by atoms with E-state index in [1.165, 1.54) is 8.21 Å². The molecule has 39 valence electrons. The van der Waals surface area contributed by atoms with Crippen molar-refractivity contribution in [1.29, 1.82) is 0 Å². The van der Waals surface area contributed by atoms with Crippen LogP contribution in [0.15, 0.2) is 0 Å². The van der Waals surface area contributed by atoms with Crippen molar-refractivity contribution >= 4 is 8.21 Å². The minimum absolute atomic E-state index is 0. The quantitative estimate of drug-likeness (QED) is 0.524. The van der Waals surface area contributed by atoms with Gasteiger partial charge in [-0.25, -0.2) is 0 Å². The largest absolute Gasteiger partial charge is 0 e. The van der Waals surface area contributed by atoms with Gasteiger partial charge in [-0.05, 0) is 0 Å². The van der Waals surface area contributed by atoms with Gasteiger partial charge in [-0.3, -0.25) is 0 Å². The van der Waals surface area contributed by atoms with E-state index in [1.54, 1.807) is 0 Å². The van der Waals surface area contributed by atoms with Gasteiger partial charge in [-0.1, -0.05) is 0 Å². The Hall–Kier alpha value is 2.54. The van der Waals surface area contributed by atoms with Gasteiger partial charge < -0.3 is 0 Å². The van der Waals surface area contributed by atoms with E-state index >= 15 is 0 Å². The third kappa shape index (κ3) is 31.1. The Labute approximate surface area is 83.3 Å². The van der Waals surface area contributed by atoms with E-state index < -0.39 is 0 Å². The van der Waals surface area contributed by atoms with Gasteiger partial charge in [0.1, 0.15) is 0 Å². The Kier molecular flexibility index (Phi) is 101. The Morgan fingerprint density at radius 3 is 1.50 bits per heavy atom. The summed E-state index contributed by atoms with van der Waals surface area (Å²) in [5.74, 6) is 0. The van der Waals surface area contributed by atoms with Gasteiger partial charge in [0.25, 0.3) is 0 Å². The summed E-state index contributed by atoms with van der Waals surface area (Å²) in [6, 6.07) is 0. The van der Waals surface area contributed by atoms with E-state index in [4.69, 9.17) is 0 Å². The van der Waals surface area contributed by atoms with Crippen molar-refractivity contribution in [2.45, 2.75) is 5.31 Å². The van der Waals surface area contributed by atoms with Crippen LogP contribution >= 0.6 is 0 Å². The van der Waals surface area contributed by atoms with Crippen LogP contribution in [0.4, 0.5) is 0 Å². The van der Waals surface area contributed by atoms with Crippen LogP contribution in [0.3, 0.4) is 0 Å². The Balaban J connectivity index is -0.00000000667. The summed E-state index contributed by atoms with van der Waals surface area (Å²) in [5, 5.41) is 2.32. The molecule has 0 aromatic rings. The molecule has 6 heavy (non-hydrogen) atoms. The SMILES string of the molecule is [CH3][Mo][SiH3].[Cr].[Fe].[V]. The van der Waals surface area contributed by atoms with Crippen LogP contribution < -0.4 is 0 Å². The molecular weight excluding hydrogens is 295 g/mol. The molecule has 5 heteroatoms. The average molecular weight is 301 g/mol. The monoisotopic (exact) mass is 303 g/mol. The third-order valence-corrected chi connectivity index (χ3v) is 0. The Morgan fingerprint density at radius 2 is 1.50 bits per heavy atom. The van der Waals surface area contributed by atoms with Crippen molar-refractivity contribution < 1.29 is 70.8 Å². The fraction of sp³-hybridized carbons (Fsp3) is 1.00. The van der Waals surface area contributed by atoms with Crippen molar-refractivity contribution in [3.05, 3.63) is 0 Å². The summed E-state index contributed by atoms with van der Waals surface area (Å²) in [6.07, 6.45) is 0. The molecule has 0 amide bonds. The van der Waals surface area contributed by atoms with Crippen molar-refractivity contribution in [1.82, 2.24) is 0 Å². The number of hydrogen-bond donors (Lipinski definition) is 0. The summed E-state index contributed by atoms with van der Waals surface area (Å²) >= 11 is 0.609. The second kappa shape index (κ2) is 25.7. The molecule has 0 nitrogen and oxygen atoms in total. The molecule has 0 rings (SSSR count). The molecule has 0 heterocycles. The topological polar surface area (TPSA) is 0 Å². The first kappa shape index (κ1) is 23.6. The van der Waals surface area contributed by atoms with E-state index in [-0.39, 0.29) is 53.0 Å². The van der Waals surface area contributed by atoms with Crippen LogP contribution in [0, 0.1) is 0 Å². The molecule has 0 aliphatic heterocycles. The maximum Gasteiger partial charge on any atom is 0 e. The normalized spacial score (nSPS) is 3.50. The molecule has 0 N–H and O–H groups in total. The Morgan fingerprint density at radius 1 is 1.50 bits per heavy atom. The summed E-state index contributed by atoms with van der Waals surface area (Å²) in [7, 11) is 1.50. The predicted molar refractivity (Wildman–Crippen MR) is 15.8 cm³/mol. The molecule has 0 aromatic heterocycles. The maximum absolute atomic E-state index is 2.32. The summed E-state index contributed by atoms with van der Waals surface area (Å²) in [6.45, 7) is 0. The van der Waals surface area contributed by atoms with Crippen LogP contribution in [-0.4, -0.2) is 8.21 Å². The van der Waals surface area contributed by atoms with E-state index in [0.717, 1.165) is 0 Å². The van der Waals surface area contributed by atoms with Crippen LogP contribution in [-0.2, 0) is 70.8 Å². The van der Waals surface area contributed by atoms with Gasteiger partial charge >= 0.3 is 31.4 Å². The molecule has 0 saturated carbocycles. The molecule has 0 aromatic carbocycles. The summed E-state index contributed by atoms with van der Waals surface area (Å²) in [4.78, 5) is 0. The van der Waals surface area contributed by atoms with Gasteiger partial charge in [0.2, 0.25) is 0 Å². The minimum atomic E-state index is 0. The second-order valence-corrected chi connectivity index (χ2v) is 7.25. The molecule has 0 bridgehead atoms. The van der Waals surface area contributed by atoms with Crippen LogP contribution in [0.25, 0.3) is 0 Å². The van der Waals surface area contributed by atoms with E-state index in [1.807, 2.05) is 0 Å². The van der Waals surface area contributed by atoms with Crippen molar-refractivity contribution in [2.24, 2.45) is 0 Å². The zero-order chi connectivity index (χ0) is 2.71. The smallest absolute Gasteiger partial charge is 0 e. The van der Waals surface area contributed by atoms with Gasteiger partial charge in [0, 0.05) is 53.0 Å². The van der Waals surface area contributed by atoms with E-state index in [9.17, 15) is 0 Å². The fourth-order valence-corrected chi connectivity index (χ4v) is 0. The third-order valence-electron chi connectivity index (χ3n) is 0. The first-order chi connectivity index (χ1) is 1.41. The minimum Gasteiger partial charge on any atom is 0 e. The Bertz CT molecular complexity index is 15.5. The van der Waals surface area contributed by atoms with E-state index in [0.29, 0.717) is 17.8 Å². The molecule has 1 radical (unpaired) electrons. The second-order valence-electron chi connectivity index (χ2n) is 0.408. The molecule has 0 unspecified atom stereocenters. The molecule has 0 aliphatic carbocycles. The van der Waals surface area contributed by atoms with E-state index in [2.05, 4.69) is 5.31 Å². The van der Waals surface area contributed by atoms with Crippen molar-refractivity contribution in [2.75, 3.05) is 0 Å². The zero-order valence-corrected chi connectivity index (χ0v) is 11.4. The fourth-order valence-electron chi connectivity index (χ4n) is 0. The van der Waals surface area contributed by atoms with Crippen molar-refractivity contribution in [3.63, 3.8) is 0 Å². The molecule has 0 atom stereocenters. The first-order valence-electron chi connectivity index (χ1n) is 0.816. The van der Waals surface area contributed by atoms with Gasteiger partial charge in [0.05, 0.1) is 0 Å². The van der Waals surface area contributed by atoms with Gasteiger partial charge in [-0.15, -0.1) is 0 Å². The zero-order valence-electron chi connectivity index (χ0n) is 3.62. The molecule has 0 aliphatic rings. The number of rotatable bonds is 0. The summed E-state index contributed by atoms with van der Waals surface area (Å²) < 4.78 is 0. The predicted octanol–water partition coefficient (Wildman–Crippen LogP) is -0.610. The van der Waals surface area contributed by atoms with Gasteiger partial charge in [-0.2, -0.15) is 0 Å². The first-order valence-corrected chi connectivity index (χ1v) is 9.66. The van der Waals surface area contributed by atoms with Crippen molar-refractivity contribution in [3.8, 4) is 0 Å². The summed E-state index contributed by atoms with van der Waals surface area (Å²) in [5.41, 5.74) is 0. The molecule has 0 fully saturated rings. The molecular formula is CH6CrFeMoSiV. The molecule has 0 saturated heterocycles. The van der Waals surface area contributed by atoms with Gasteiger partial charge in [0.15, 0.2) is 0 Å². The average Bonchev–Trinajstić information content (AvgIpc) is 0.918. The maximum atomic E-state index is 2.32.